The van der Waals surface area contributed by atoms with Crippen molar-refractivity contribution in [1.82, 2.24) is 9.55 Å². The van der Waals surface area contributed by atoms with E-state index in [9.17, 15) is 4.79 Å². The third-order valence-electron chi connectivity index (χ3n) is 1.58. The molecule has 0 radical (unpaired) electrons. The number of halogens is 1. The molecule has 0 saturated heterocycles. The van der Waals surface area contributed by atoms with Crippen LogP contribution in [0.2, 0.25) is 0 Å². The van der Waals surface area contributed by atoms with Crippen LogP contribution in [-0.4, -0.2) is 9.55 Å². The average molecular weight is 288 g/mol. The molecular weight excluding hydrogens is 279 g/mol. The quantitative estimate of drug-likeness (QED) is 0.574. The smallest absolute Gasteiger partial charge is 0.267 e. The number of aryl methyl sites for hydroxylation is 1. The first-order valence-electron chi connectivity index (χ1n) is 3.78. The van der Waals surface area contributed by atoms with Crippen LogP contribution < -0.4 is 5.56 Å². The van der Waals surface area contributed by atoms with E-state index >= 15 is 0 Å². The zero-order valence-electron chi connectivity index (χ0n) is 7.47. The van der Waals surface area contributed by atoms with E-state index in [1.54, 1.807) is 6.92 Å². The van der Waals surface area contributed by atoms with Crippen molar-refractivity contribution in [2.45, 2.75) is 20.4 Å². The Labute approximate surface area is 90.3 Å². The van der Waals surface area contributed by atoms with E-state index in [1.807, 2.05) is 29.5 Å². The monoisotopic (exact) mass is 288 g/mol. The van der Waals surface area contributed by atoms with Gasteiger partial charge in [0, 0.05) is 0 Å². The Morgan fingerprint density at radius 2 is 2.38 bits per heavy atom. The Hall–Kier alpha value is -0.830. The maximum Gasteiger partial charge on any atom is 0.267 e. The van der Waals surface area contributed by atoms with E-state index in [0.717, 1.165) is 5.69 Å². The molecular formula is C9H9IN2O. The van der Waals surface area contributed by atoms with Gasteiger partial charge in [-0.25, -0.2) is 4.98 Å². The van der Waals surface area contributed by atoms with Crippen molar-refractivity contribution in [3.8, 4) is 11.8 Å². The molecule has 0 aliphatic heterocycles. The van der Waals surface area contributed by atoms with E-state index < -0.39 is 0 Å². The lowest BCUT2D eigenvalue weighted by atomic mass is 10.4. The number of hydrogen-bond donors (Lipinski definition) is 0. The van der Waals surface area contributed by atoms with Gasteiger partial charge in [-0.2, -0.15) is 0 Å². The summed E-state index contributed by atoms with van der Waals surface area (Å²) in [6.07, 6.45) is 1.53. The summed E-state index contributed by atoms with van der Waals surface area (Å²) in [5.74, 6) is 5.56. The summed E-state index contributed by atoms with van der Waals surface area (Å²) in [5.41, 5.74) is 0.752. The van der Waals surface area contributed by atoms with Crippen LogP contribution in [0.1, 0.15) is 12.6 Å². The molecule has 0 unspecified atom stereocenters. The fourth-order valence-corrected chi connectivity index (χ4v) is 1.27. The standard InChI is InChI=1S/C9H9IN2O/c1-3-4-5-12-6-11-7(2)8(10)9(12)13/h6H,5H2,1-2H3. The Morgan fingerprint density at radius 3 is 3.00 bits per heavy atom. The van der Waals surface area contributed by atoms with Crippen LogP contribution in [0, 0.1) is 22.3 Å². The van der Waals surface area contributed by atoms with Crippen LogP contribution in [0.3, 0.4) is 0 Å². The predicted octanol–water partition coefficient (Wildman–Crippen LogP) is 1.18. The topological polar surface area (TPSA) is 34.9 Å². The molecule has 13 heavy (non-hydrogen) atoms. The first kappa shape index (κ1) is 10.3. The van der Waals surface area contributed by atoms with Gasteiger partial charge in [0.25, 0.3) is 5.56 Å². The number of aromatic nitrogens is 2. The summed E-state index contributed by atoms with van der Waals surface area (Å²) >= 11 is 2.00. The van der Waals surface area contributed by atoms with Gasteiger partial charge in [-0.3, -0.25) is 9.36 Å². The second-order valence-corrected chi connectivity index (χ2v) is 3.58. The Bertz CT molecular complexity index is 425. The summed E-state index contributed by atoms with van der Waals surface area (Å²) in [5, 5.41) is 0. The molecule has 0 atom stereocenters. The third kappa shape index (κ3) is 2.31. The van der Waals surface area contributed by atoms with Crippen molar-refractivity contribution < 1.29 is 0 Å². The summed E-state index contributed by atoms with van der Waals surface area (Å²) in [6.45, 7) is 3.98. The van der Waals surface area contributed by atoms with Crippen molar-refractivity contribution in [1.29, 1.82) is 0 Å². The molecule has 68 valence electrons. The van der Waals surface area contributed by atoms with Gasteiger partial charge in [0.15, 0.2) is 0 Å². The lowest BCUT2D eigenvalue weighted by Crippen LogP contribution is -2.23. The van der Waals surface area contributed by atoms with Gasteiger partial charge in [-0.05, 0) is 36.4 Å². The van der Waals surface area contributed by atoms with E-state index in [0.29, 0.717) is 10.1 Å². The minimum atomic E-state index is -0.0177. The van der Waals surface area contributed by atoms with Crippen LogP contribution in [0.5, 0.6) is 0 Å². The van der Waals surface area contributed by atoms with Crippen LogP contribution in [0.15, 0.2) is 11.1 Å². The van der Waals surface area contributed by atoms with Crippen LogP contribution in [0.4, 0.5) is 0 Å². The summed E-state index contributed by atoms with van der Waals surface area (Å²) in [7, 11) is 0. The number of hydrogen-bond acceptors (Lipinski definition) is 2. The Balaban J connectivity index is 3.16. The molecule has 1 aromatic heterocycles. The Kier molecular flexibility index (Phi) is 3.48. The highest BCUT2D eigenvalue weighted by Crippen LogP contribution is 2.00. The largest absolute Gasteiger partial charge is 0.287 e. The lowest BCUT2D eigenvalue weighted by molar-refractivity contribution is 0.753. The van der Waals surface area contributed by atoms with Crippen LogP contribution >= 0.6 is 22.6 Å². The molecule has 0 saturated carbocycles. The molecule has 3 nitrogen and oxygen atoms in total. The molecule has 0 amide bonds. The molecule has 0 aromatic carbocycles. The van der Waals surface area contributed by atoms with E-state index in [-0.39, 0.29) is 5.56 Å². The molecule has 0 spiro atoms. The molecule has 1 rings (SSSR count). The van der Waals surface area contributed by atoms with E-state index in [1.165, 1.54) is 10.9 Å². The average Bonchev–Trinajstić information content (AvgIpc) is 2.13. The van der Waals surface area contributed by atoms with Gasteiger partial charge >= 0.3 is 0 Å². The fourth-order valence-electron chi connectivity index (χ4n) is 0.823. The first-order valence-corrected chi connectivity index (χ1v) is 4.86. The molecule has 4 heteroatoms. The van der Waals surface area contributed by atoms with Gasteiger partial charge in [0.05, 0.1) is 22.1 Å². The molecule has 0 fully saturated rings. The molecule has 1 heterocycles. The van der Waals surface area contributed by atoms with Crippen LogP contribution in [-0.2, 0) is 6.54 Å². The first-order chi connectivity index (χ1) is 6.16. The van der Waals surface area contributed by atoms with Gasteiger partial charge in [0.1, 0.15) is 0 Å². The normalized spacial score (nSPS) is 9.15. The minimum absolute atomic E-state index is 0.0177. The lowest BCUT2D eigenvalue weighted by Gasteiger charge is -2.01. The molecule has 0 N–H and O–H groups in total. The second kappa shape index (κ2) is 4.42. The van der Waals surface area contributed by atoms with Crippen molar-refractivity contribution in [2.24, 2.45) is 0 Å². The third-order valence-corrected chi connectivity index (χ3v) is 2.83. The number of rotatable bonds is 1. The van der Waals surface area contributed by atoms with Gasteiger partial charge in [-0.15, -0.1) is 5.92 Å². The minimum Gasteiger partial charge on any atom is -0.287 e. The zero-order chi connectivity index (χ0) is 9.84. The highest BCUT2D eigenvalue weighted by Gasteiger charge is 2.03. The Morgan fingerprint density at radius 1 is 1.69 bits per heavy atom. The SMILES string of the molecule is CC#CCn1cnc(C)c(I)c1=O. The van der Waals surface area contributed by atoms with Crippen molar-refractivity contribution in [3.05, 3.63) is 25.9 Å². The number of nitrogens with zero attached hydrogens (tertiary/aromatic N) is 2. The zero-order valence-corrected chi connectivity index (χ0v) is 9.62. The highest BCUT2D eigenvalue weighted by atomic mass is 127. The summed E-state index contributed by atoms with van der Waals surface area (Å²) in [6, 6.07) is 0. The molecule has 0 bridgehead atoms. The van der Waals surface area contributed by atoms with Gasteiger partial charge in [-0.1, -0.05) is 5.92 Å². The van der Waals surface area contributed by atoms with Crippen molar-refractivity contribution in [3.63, 3.8) is 0 Å². The van der Waals surface area contributed by atoms with Gasteiger partial charge in [0.2, 0.25) is 0 Å². The summed E-state index contributed by atoms with van der Waals surface area (Å²) in [4.78, 5) is 15.6. The second-order valence-electron chi connectivity index (χ2n) is 2.50. The van der Waals surface area contributed by atoms with Crippen LogP contribution in [0.25, 0.3) is 0 Å². The van der Waals surface area contributed by atoms with Crippen molar-refractivity contribution >= 4 is 22.6 Å². The maximum absolute atomic E-state index is 11.5. The molecule has 0 aliphatic carbocycles. The maximum atomic E-state index is 11.5. The molecule has 0 aliphatic rings. The molecule has 1 aromatic rings. The van der Waals surface area contributed by atoms with Gasteiger partial charge < -0.3 is 0 Å². The van der Waals surface area contributed by atoms with E-state index in [4.69, 9.17) is 0 Å². The fraction of sp³-hybridized carbons (Fsp3) is 0.333. The van der Waals surface area contributed by atoms with E-state index in [2.05, 4.69) is 16.8 Å². The van der Waals surface area contributed by atoms with Crippen molar-refractivity contribution in [2.75, 3.05) is 0 Å². The highest BCUT2D eigenvalue weighted by molar-refractivity contribution is 14.1. The predicted molar refractivity (Wildman–Crippen MR) is 59.4 cm³/mol. The summed E-state index contributed by atoms with van der Waals surface area (Å²) < 4.78 is 2.17.